The molecule has 2 heterocycles. The monoisotopic (exact) mass is 301 g/mol. The molecule has 118 valence electrons. The number of benzene rings is 1. The van der Waals surface area contributed by atoms with Crippen molar-refractivity contribution in [3.8, 4) is 0 Å². The first-order chi connectivity index (χ1) is 10.8. The SMILES string of the molecule is O=C1c2ccccc2CN1C1CCCC1OC1CCCCO1. The quantitative estimate of drug-likeness (QED) is 0.861. The molecule has 2 aliphatic heterocycles. The predicted octanol–water partition coefficient (Wildman–Crippen LogP) is 3.11. The van der Waals surface area contributed by atoms with Gasteiger partial charge < -0.3 is 14.4 Å². The summed E-state index contributed by atoms with van der Waals surface area (Å²) >= 11 is 0. The van der Waals surface area contributed by atoms with E-state index in [0.29, 0.717) is 0 Å². The Bertz CT molecular complexity index is 553. The molecule has 1 saturated heterocycles. The van der Waals surface area contributed by atoms with E-state index in [0.717, 1.165) is 56.4 Å². The van der Waals surface area contributed by atoms with Gasteiger partial charge in [0.05, 0.1) is 12.1 Å². The normalized spacial score (nSPS) is 31.5. The summed E-state index contributed by atoms with van der Waals surface area (Å²) in [6.07, 6.45) is 6.55. The van der Waals surface area contributed by atoms with E-state index in [4.69, 9.17) is 9.47 Å². The van der Waals surface area contributed by atoms with Crippen molar-refractivity contribution in [2.75, 3.05) is 6.61 Å². The fourth-order valence-electron chi connectivity index (χ4n) is 3.98. The third-order valence-corrected chi connectivity index (χ3v) is 5.13. The summed E-state index contributed by atoms with van der Waals surface area (Å²) in [6, 6.07) is 8.15. The molecule has 1 aromatic rings. The van der Waals surface area contributed by atoms with Gasteiger partial charge in [-0.15, -0.1) is 0 Å². The molecule has 1 aliphatic carbocycles. The molecule has 2 fully saturated rings. The van der Waals surface area contributed by atoms with Crippen LogP contribution in [0, 0.1) is 0 Å². The van der Waals surface area contributed by atoms with Gasteiger partial charge in [0.25, 0.3) is 5.91 Å². The molecule has 1 amide bonds. The van der Waals surface area contributed by atoms with E-state index < -0.39 is 0 Å². The van der Waals surface area contributed by atoms with Crippen molar-refractivity contribution >= 4 is 5.91 Å². The Balaban J connectivity index is 1.46. The summed E-state index contributed by atoms with van der Waals surface area (Å²) in [5, 5.41) is 0. The maximum atomic E-state index is 12.7. The van der Waals surface area contributed by atoms with E-state index in [1.54, 1.807) is 0 Å². The van der Waals surface area contributed by atoms with E-state index in [9.17, 15) is 4.79 Å². The van der Waals surface area contributed by atoms with Crippen molar-refractivity contribution in [2.45, 2.75) is 63.5 Å². The average molecular weight is 301 g/mol. The van der Waals surface area contributed by atoms with Crippen LogP contribution in [-0.4, -0.2) is 35.8 Å². The molecule has 1 saturated carbocycles. The molecule has 3 atom stereocenters. The lowest BCUT2D eigenvalue weighted by atomic mass is 10.1. The summed E-state index contributed by atoms with van der Waals surface area (Å²) < 4.78 is 11.9. The van der Waals surface area contributed by atoms with E-state index in [1.807, 2.05) is 23.1 Å². The minimum Gasteiger partial charge on any atom is -0.353 e. The second-order valence-electron chi connectivity index (χ2n) is 6.56. The van der Waals surface area contributed by atoms with E-state index in [-0.39, 0.29) is 24.3 Å². The minimum atomic E-state index is -0.0700. The zero-order valence-corrected chi connectivity index (χ0v) is 12.9. The van der Waals surface area contributed by atoms with E-state index in [1.165, 1.54) is 6.42 Å². The fraction of sp³-hybridized carbons (Fsp3) is 0.611. The molecular formula is C18H23NO3. The fourth-order valence-corrected chi connectivity index (χ4v) is 3.98. The topological polar surface area (TPSA) is 38.8 Å². The van der Waals surface area contributed by atoms with E-state index in [2.05, 4.69) is 6.07 Å². The van der Waals surface area contributed by atoms with Crippen LogP contribution in [0.5, 0.6) is 0 Å². The van der Waals surface area contributed by atoms with Crippen LogP contribution in [-0.2, 0) is 16.0 Å². The third-order valence-electron chi connectivity index (χ3n) is 5.13. The summed E-state index contributed by atoms with van der Waals surface area (Å²) in [6.45, 7) is 1.53. The molecule has 0 bridgehead atoms. The molecule has 0 N–H and O–H groups in total. The Morgan fingerprint density at radius 3 is 2.82 bits per heavy atom. The second kappa shape index (κ2) is 6.01. The van der Waals surface area contributed by atoms with Crippen LogP contribution < -0.4 is 0 Å². The van der Waals surface area contributed by atoms with Crippen LogP contribution in [0.1, 0.15) is 54.4 Å². The van der Waals surface area contributed by atoms with Crippen LogP contribution in [0.4, 0.5) is 0 Å². The Morgan fingerprint density at radius 2 is 2.00 bits per heavy atom. The number of carbonyl (C=O) groups excluding carboxylic acids is 1. The van der Waals surface area contributed by atoms with Crippen LogP contribution in [0.25, 0.3) is 0 Å². The van der Waals surface area contributed by atoms with Gasteiger partial charge in [0.15, 0.2) is 6.29 Å². The molecule has 1 aromatic carbocycles. The van der Waals surface area contributed by atoms with Gasteiger partial charge in [-0.2, -0.15) is 0 Å². The molecule has 4 nitrogen and oxygen atoms in total. The van der Waals surface area contributed by atoms with Crippen LogP contribution in [0.2, 0.25) is 0 Å². The minimum absolute atomic E-state index is 0.0700. The van der Waals surface area contributed by atoms with Gasteiger partial charge in [-0.3, -0.25) is 4.79 Å². The number of nitrogens with zero attached hydrogens (tertiary/aromatic N) is 1. The predicted molar refractivity (Wildman–Crippen MR) is 82.4 cm³/mol. The lowest BCUT2D eigenvalue weighted by Crippen LogP contribution is -2.43. The standard InChI is InChI=1S/C18H23NO3/c20-18-14-7-2-1-6-13(14)12-19(18)15-8-5-9-16(15)22-17-10-3-4-11-21-17/h1-2,6-7,15-17H,3-5,8-12H2. The third kappa shape index (κ3) is 2.55. The van der Waals surface area contributed by atoms with Gasteiger partial charge in [0.1, 0.15) is 0 Å². The number of carbonyl (C=O) groups is 1. The Morgan fingerprint density at radius 1 is 1.09 bits per heavy atom. The molecule has 22 heavy (non-hydrogen) atoms. The first kappa shape index (κ1) is 14.2. The molecule has 3 aliphatic rings. The number of ether oxygens (including phenoxy) is 2. The molecule has 0 aromatic heterocycles. The second-order valence-corrected chi connectivity index (χ2v) is 6.56. The maximum absolute atomic E-state index is 12.7. The Hall–Kier alpha value is -1.39. The summed E-state index contributed by atoms with van der Waals surface area (Å²) in [4.78, 5) is 14.7. The van der Waals surface area contributed by atoms with Crippen molar-refractivity contribution < 1.29 is 14.3 Å². The molecular weight excluding hydrogens is 278 g/mol. The summed E-state index contributed by atoms with van der Waals surface area (Å²) in [5.41, 5.74) is 2.01. The van der Waals surface area contributed by atoms with Gasteiger partial charge in [-0.1, -0.05) is 18.2 Å². The number of rotatable bonds is 3. The highest BCUT2D eigenvalue weighted by atomic mass is 16.7. The number of hydrogen-bond donors (Lipinski definition) is 0. The smallest absolute Gasteiger partial charge is 0.254 e. The number of amides is 1. The average Bonchev–Trinajstić information content (AvgIpc) is 3.13. The largest absolute Gasteiger partial charge is 0.353 e. The Kier molecular flexibility index (Phi) is 3.89. The molecule has 3 unspecified atom stereocenters. The molecule has 4 heteroatoms. The van der Waals surface area contributed by atoms with Crippen molar-refractivity contribution in [3.63, 3.8) is 0 Å². The summed E-state index contributed by atoms with van der Waals surface area (Å²) in [7, 11) is 0. The van der Waals surface area contributed by atoms with Crippen molar-refractivity contribution in [1.82, 2.24) is 4.90 Å². The van der Waals surface area contributed by atoms with Gasteiger partial charge in [0, 0.05) is 18.7 Å². The highest BCUT2D eigenvalue weighted by Crippen LogP contribution is 2.34. The van der Waals surface area contributed by atoms with Crippen LogP contribution in [0.3, 0.4) is 0 Å². The Labute approximate surface area is 131 Å². The van der Waals surface area contributed by atoms with Gasteiger partial charge >= 0.3 is 0 Å². The number of fused-ring (bicyclic) bond motifs is 1. The molecule has 0 spiro atoms. The highest BCUT2D eigenvalue weighted by Gasteiger charge is 2.40. The zero-order chi connectivity index (χ0) is 14.9. The first-order valence-electron chi connectivity index (χ1n) is 8.49. The lowest BCUT2D eigenvalue weighted by molar-refractivity contribution is -0.194. The van der Waals surface area contributed by atoms with Gasteiger partial charge in [0.2, 0.25) is 0 Å². The van der Waals surface area contributed by atoms with Gasteiger partial charge in [-0.25, -0.2) is 0 Å². The zero-order valence-electron chi connectivity index (χ0n) is 12.9. The molecule has 4 rings (SSSR count). The van der Waals surface area contributed by atoms with Gasteiger partial charge in [-0.05, 0) is 50.2 Å². The van der Waals surface area contributed by atoms with Crippen LogP contribution in [0.15, 0.2) is 24.3 Å². The highest BCUT2D eigenvalue weighted by molar-refractivity contribution is 5.98. The van der Waals surface area contributed by atoms with Crippen LogP contribution >= 0.6 is 0 Å². The van der Waals surface area contributed by atoms with Crippen molar-refractivity contribution in [3.05, 3.63) is 35.4 Å². The van der Waals surface area contributed by atoms with Crippen molar-refractivity contribution in [1.29, 1.82) is 0 Å². The lowest BCUT2D eigenvalue weighted by Gasteiger charge is -2.33. The first-order valence-corrected chi connectivity index (χ1v) is 8.49. The summed E-state index contributed by atoms with van der Waals surface area (Å²) in [5.74, 6) is 0.167. The molecule has 0 radical (unpaired) electrons. The van der Waals surface area contributed by atoms with Crippen molar-refractivity contribution in [2.24, 2.45) is 0 Å². The maximum Gasteiger partial charge on any atom is 0.254 e. The number of hydrogen-bond acceptors (Lipinski definition) is 3. The van der Waals surface area contributed by atoms with E-state index >= 15 is 0 Å².